The van der Waals surface area contributed by atoms with Crippen LogP contribution in [0, 0.1) is 13.8 Å². The van der Waals surface area contributed by atoms with E-state index in [-0.39, 0.29) is 32.0 Å². The molecule has 1 aliphatic heterocycles. The average molecular weight is 897 g/mol. The molecule has 1 saturated heterocycles. The molecule has 1 aromatic rings. The standard InChI is InChI=1S/C50H90NO10P/c1-8-10-26-32-45-42(3)43(4)46(60-45)33-28-22-18-14-12-13-15-20-24-30-36-49(52)56-40-44(41-58-62(54,55)57-39-38-51(5,6)7)59-50(53)37-31-25-21-17-16-19-23-29-35-48-47(61-48)34-27-11-9-2/h23,29,44,47-48H,8-22,24-28,30-41H2,1-7H3/p+1/b29-23-/t44-,47?,48?/m1/s1. The zero-order valence-electron chi connectivity index (χ0n) is 40.5. The summed E-state index contributed by atoms with van der Waals surface area (Å²) in [5.74, 6) is 1.55. The van der Waals surface area contributed by atoms with Crippen LogP contribution in [0.1, 0.15) is 203 Å². The number of carbonyl (C=O) groups excluding carboxylic acids is 2. The number of hydrogen-bond donors (Lipinski definition) is 1. The van der Waals surface area contributed by atoms with E-state index in [0.717, 1.165) is 77.0 Å². The summed E-state index contributed by atoms with van der Waals surface area (Å²) in [6.07, 6.45) is 33.8. The SMILES string of the molecule is CCCCCc1oc(CCCCCCCCCCCCC(=O)OC[C@H](COP(=O)(O)OCC[N+](C)(C)C)OC(=O)CCCCCCC/C=C\CC2OC2CCCCC)c(C)c1C. The molecule has 1 fully saturated rings. The van der Waals surface area contributed by atoms with Crippen LogP contribution in [0.15, 0.2) is 16.6 Å². The van der Waals surface area contributed by atoms with Gasteiger partial charge in [-0.25, -0.2) is 4.57 Å². The van der Waals surface area contributed by atoms with Gasteiger partial charge in [-0.05, 0) is 76.3 Å². The van der Waals surface area contributed by atoms with Crippen LogP contribution in [0.25, 0.3) is 0 Å². The number of epoxide rings is 1. The van der Waals surface area contributed by atoms with Crippen LogP contribution in [0.5, 0.6) is 0 Å². The van der Waals surface area contributed by atoms with Gasteiger partial charge in [-0.3, -0.25) is 18.6 Å². The van der Waals surface area contributed by atoms with Crippen LogP contribution in [-0.2, 0) is 50.3 Å². The first-order chi connectivity index (χ1) is 29.7. The number of furan rings is 1. The molecule has 4 atom stereocenters. The molecule has 11 nitrogen and oxygen atoms in total. The number of phosphoric acid groups is 1. The van der Waals surface area contributed by atoms with Gasteiger partial charge in [0.15, 0.2) is 6.10 Å². The van der Waals surface area contributed by atoms with Gasteiger partial charge in [0.25, 0.3) is 0 Å². The Bertz CT molecular complexity index is 1400. The summed E-state index contributed by atoms with van der Waals surface area (Å²) in [6, 6.07) is 0. The molecule has 360 valence electrons. The maximum Gasteiger partial charge on any atom is 0.472 e. The lowest BCUT2D eigenvalue weighted by Crippen LogP contribution is -2.37. The molecule has 0 aliphatic carbocycles. The second-order valence-corrected chi connectivity index (χ2v) is 20.3. The molecule has 12 heteroatoms. The van der Waals surface area contributed by atoms with Gasteiger partial charge in [0, 0.05) is 25.7 Å². The molecule has 0 aromatic carbocycles. The van der Waals surface area contributed by atoms with Gasteiger partial charge in [0.1, 0.15) is 31.3 Å². The molecule has 1 aliphatic rings. The second kappa shape index (κ2) is 33.5. The molecule has 3 unspecified atom stereocenters. The Morgan fingerprint density at radius 1 is 0.677 bits per heavy atom. The van der Waals surface area contributed by atoms with Gasteiger partial charge < -0.3 is 28.0 Å². The Hall–Kier alpha value is -2.01. The molecule has 0 bridgehead atoms. The number of unbranched alkanes of at least 4 members (excludes halogenated alkanes) is 18. The van der Waals surface area contributed by atoms with Gasteiger partial charge in [-0.15, -0.1) is 0 Å². The lowest BCUT2D eigenvalue weighted by atomic mass is 10.0. The van der Waals surface area contributed by atoms with E-state index in [1.807, 2.05) is 21.1 Å². The minimum Gasteiger partial charge on any atom is -0.466 e. The molecule has 0 amide bonds. The zero-order chi connectivity index (χ0) is 45.5. The number of allylic oxidation sites excluding steroid dienone is 1. The third-order valence-corrected chi connectivity index (χ3v) is 12.9. The first kappa shape index (κ1) is 56.1. The maximum absolute atomic E-state index is 12.8. The van der Waals surface area contributed by atoms with Gasteiger partial charge in [-0.2, -0.15) is 0 Å². The molecule has 0 spiro atoms. The minimum atomic E-state index is -4.39. The number of aryl methyl sites for hydroxylation is 2. The topological polar surface area (TPSA) is 134 Å². The highest BCUT2D eigenvalue weighted by molar-refractivity contribution is 7.47. The molecular weight excluding hydrogens is 806 g/mol. The van der Waals surface area contributed by atoms with Crippen LogP contribution < -0.4 is 0 Å². The van der Waals surface area contributed by atoms with E-state index < -0.39 is 26.5 Å². The van der Waals surface area contributed by atoms with E-state index in [4.69, 9.17) is 27.7 Å². The molecule has 1 aromatic heterocycles. The smallest absolute Gasteiger partial charge is 0.466 e. The average Bonchev–Trinajstić information content (AvgIpc) is 3.92. The minimum absolute atomic E-state index is 0.0225. The number of hydrogen-bond acceptors (Lipinski definition) is 9. The van der Waals surface area contributed by atoms with Crippen molar-refractivity contribution in [3.05, 3.63) is 34.8 Å². The first-order valence-corrected chi connectivity index (χ1v) is 26.4. The molecular formula is C50H91NO10P+. The van der Waals surface area contributed by atoms with Crippen LogP contribution >= 0.6 is 7.82 Å². The van der Waals surface area contributed by atoms with Gasteiger partial charge in [0.05, 0.1) is 40.0 Å². The van der Waals surface area contributed by atoms with Crippen molar-refractivity contribution in [1.82, 2.24) is 0 Å². The predicted molar refractivity (Wildman–Crippen MR) is 250 cm³/mol. The maximum atomic E-state index is 12.8. The first-order valence-electron chi connectivity index (χ1n) is 24.9. The summed E-state index contributed by atoms with van der Waals surface area (Å²) >= 11 is 0. The fourth-order valence-electron chi connectivity index (χ4n) is 7.61. The van der Waals surface area contributed by atoms with Gasteiger partial charge >= 0.3 is 19.8 Å². The Morgan fingerprint density at radius 3 is 1.81 bits per heavy atom. The van der Waals surface area contributed by atoms with E-state index in [0.29, 0.717) is 29.7 Å². The van der Waals surface area contributed by atoms with Crippen LogP contribution in [0.3, 0.4) is 0 Å². The largest absolute Gasteiger partial charge is 0.472 e. The van der Waals surface area contributed by atoms with Crippen LogP contribution in [0.4, 0.5) is 0 Å². The normalized spacial score (nSPS) is 16.8. The van der Waals surface area contributed by atoms with Crippen molar-refractivity contribution in [2.45, 2.75) is 226 Å². The van der Waals surface area contributed by atoms with E-state index >= 15 is 0 Å². The van der Waals surface area contributed by atoms with Crippen molar-refractivity contribution in [3.63, 3.8) is 0 Å². The third-order valence-electron chi connectivity index (χ3n) is 11.9. The summed E-state index contributed by atoms with van der Waals surface area (Å²) in [5, 5.41) is 0. The van der Waals surface area contributed by atoms with E-state index in [9.17, 15) is 19.0 Å². The highest BCUT2D eigenvalue weighted by Gasteiger charge is 2.36. The van der Waals surface area contributed by atoms with Crippen LogP contribution in [-0.4, -0.2) is 87.1 Å². The zero-order valence-corrected chi connectivity index (χ0v) is 41.4. The van der Waals surface area contributed by atoms with Crippen molar-refractivity contribution < 1.29 is 51.2 Å². The highest BCUT2D eigenvalue weighted by atomic mass is 31.2. The summed E-state index contributed by atoms with van der Waals surface area (Å²) < 4.78 is 46.5. The molecule has 0 saturated carbocycles. The lowest BCUT2D eigenvalue weighted by Gasteiger charge is -2.24. The molecule has 2 rings (SSSR count). The van der Waals surface area contributed by atoms with Crippen LogP contribution in [0.2, 0.25) is 0 Å². The molecule has 2 heterocycles. The number of nitrogens with zero attached hydrogens (tertiary/aromatic N) is 1. The summed E-state index contributed by atoms with van der Waals surface area (Å²) in [7, 11) is 1.45. The molecule has 1 N–H and O–H groups in total. The van der Waals surface area contributed by atoms with E-state index in [1.165, 1.54) is 106 Å². The quantitative estimate of drug-likeness (QED) is 0.0169. The number of ether oxygens (including phenoxy) is 3. The predicted octanol–water partition coefficient (Wildman–Crippen LogP) is 12.8. The van der Waals surface area contributed by atoms with Gasteiger partial charge in [0.2, 0.25) is 0 Å². The second-order valence-electron chi connectivity index (χ2n) is 18.8. The number of quaternary nitrogens is 1. The fourth-order valence-corrected chi connectivity index (χ4v) is 8.35. The Balaban J connectivity index is 1.58. The van der Waals surface area contributed by atoms with Crippen molar-refractivity contribution in [2.24, 2.45) is 0 Å². The van der Waals surface area contributed by atoms with Crippen molar-refractivity contribution in [2.75, 3.05) is 47.5 Å². The molecule has 62 heavy (non-hydrogen) atoms. The summed E-state index contributed by atoms with van der Waals surface area (Å²) in [4.78, 5) is 35.6. The Morgan fingerprint density at radius 2 is 1.21 bits per heavy atom. The van der Waals surface area contributed by atoms with Crippen molar-refractivity contribution in [3.8, 4) is 0 Å². The van der Waals surface area contributed by atoms with E-state index in [1.54, 1.807) is 0 Å². The monoisotopic (exact) mass is 897 g/mol. The highest BCUT2D eigenvalue weighted by Crippen LogP contribution is 2.43. The lowest BCUT2D eigenvalue weighted by molar-refractivity contribution is -0.870. The van der Waals surface area contributed by atoms with Crippen molar-refractivity contribution >= 4 is 19.8 Å². The van der Waals surface area contributed by atoms with Gasteiger partial charge in [-0.1, -0.05) is 129 Å². The Labute approximate surface area is 378 Å². The number of carbonyl (C=O) groups is 2. The number of likely N-dealkylation sites (N-methyl/N-ethyl adjacent to an activating group) is 1. The number of esters is 2. The van der Waals surface area contributed by atoms with Crippen molar-refractivity contribution in [1.29, 1.82) is 0 Å². The Kier molecular flexibility index (Phi) is 30.3. The summed E-state index contributed by atoms with van der Waals surface area (Å²) in [6.45, 7) is 8.74. The van der Waals surface area contributed by atoms with E-state index in [2.05, 4.69) is 39.8 Å². The fraction of sp³-hybridized carbons (Fsp3) is 0.840. The summed E-state index contributed by atoms with van der Waals surface area (Å²) in [5.41, 5.74) is 2.70. The third kappa shape index (κ3) is 28.7. The molecule has 0 radical (unpaired) electrons. The number of rotatable bonds is 41. The number of phosphoric ester groups is 1.